The molecule has 2 saturated heterocycles. The van der Waals surface area contributed by atoms with E-state index >= 15 is 0 Å². The van der Waals surface area contributed by atoms with Gasteiger partial charge in [-0.25, -0.2) is 13.6 Å². The Bertz CT molecular complexity index is 2020. The third-order valence-electron chi connectivity index (χ3n) is 10.4. The van der Waals surface area contributed by atoms with Crippen molar-refractivity contribution in [2.45, 2.75) is 62.7 Å². The molecule has 2 aliphatic heterocycles. The van der Waals surface area contributed by atoms with E-state index in [0.717, 1.165) is 45.1 Å². The minimum absolute atomic E-state index is 0.00860. The summed E-state index contributed by atoms with van der Waals surface area (Å²) in [6.07, 6.45) is 10.2. The number of aromatic nitrogens is 2. The molecular weight excluding hydrogens is 608 g/mol. The smallest absolute Gasteiger partial charge is 0.349 e. The van der Waals surface area contributed by atoms with Gasteiger partial charge in [-0.1, -0.05) is 12.0 Å². The van der Waals surface area contributed by atoms with Crippen LogP contribution in [0.4, 0.5) is 14.6 Å². The van der Waals surface area contributed by atoms with Crippen molar-refractivity contribution < 1.29 is 27.8 Å². The lowest BCUT2D eigenvalue weighted by Crippen LogP contribution is -2.55. The summed E-state index contributed by atoms with van der Waals surface area (Å²) in [6.45, 7) is 3.34. The van der Waals surface area contributed by atoms with Gasteiger partial charge in [0.25, 0.3) is 0 Å². The van der Waals surface area contributed by atoms with Crippen LogP contribution in [0.3, 0.4) is 0 Å². The van der Waals surface area contributed by atoms with E-state index in [1.165, 1.54) is 24.3 Å². The summed E-state index contributed by atoms with van der Waals surface area (Å²) in [7, 11) is 1.73. The van der Waals surface area contributed by atoms with Gasteiger partial charge < -0.3 is 24.5 Å². The largest absolute Gasteiger partial charge is 0.508 e. The number of carbonyl (C=O) groups is 1. The van der Waals surface area contributed by atoms with Crippen molar-refractivity contribution in [1.29, 1.82) is 0 Å². The molecule has 12 heteroatoms. The summed E-state index contributed by atoms with van der Waals surface area (Å²) in [5, 5.41) is 14.7. The van der Waals surface area contributed by atoms with Gasteiger partial charge in [0.1, 0.15) is 41.3 Å². The van der Waals surface area contributed by atoms with Gasteiger partial charge in [-0.05, 0) is 69.2 Å². The number of alkyl halides is 1. The number of rotatable bonds is 9. The van der Waals surface area contributed by atoms with Crippen molar-refractivity contribution >= 4 is 33.9 Å². The number of nitrogens with zero attached hydrogens (tertiary/aromatic N) is 4. The fourth-order valence-corrected chi connectivity index (χ4v) is 7.67. The van der Waals surface area contributed by atoms with E-state index in [1.807, 2.05) is 0 Å². The summed E-state index contributed by atoms with van der Waals surface area (Å²) in [4.78, 5) is 38.6. The fraction of sp³-hybridized carbons (Fsp3) is 0.429. The Kier molecular flexibility index (Phi) is 7.55. The molecular formula is C35H35F2N5O5. The Morgan fingerprint density at radius 3 is 2.79 bits per heavy atom. The van der Waals surface area contributed by atoms with E-state index < -0.39 is 28.7 Å². The Hall–Kier alpha value is -4.76. The monoisotopic (exact) mass is 643 g/mol. The molecule has 4 heterocycles. The average molecular weight is 644 g/mol. The van der Waals surface area contributed by atoms with Gasteiger partial charge in [-0.3, -0.25) is 9.69 Å². The molecule has 47 heavy (non-hydrogen) atoms. The normalized spacial score (nSPS) is 21.7. The third-order valence-corrected chi connectivity index (χ3v) is 10.4. The lowest BCUT2D eigenvalue weighted by Gasteiger charge is -2.47. The van der Waals surface area contributed by atoms with Gasteiger partial charge in [0.05, 0.1) is 22.2 Å². The third kappa shape index (κ3) is 5.04. The molecule has 1 amide bonds. The second kappa shape index (κ2) is 11.5. The number of ether oxygens (including phenoxy) is 1. The van der Waals surface area contributed by atoms with Crippen LogP contribution in [0, 0.1) is 25.1 Å². The number of phenolic OH excluding ortho intramolecular Hbond substituents is 1. The number of hydrogen-bond donors (Lipinski definition) is 2. The molecule has 0 spiro atoms. The first-order chi connectivity index (χ1) is 22.6. The molecule has 10 nitrogen and oxygen atoms in total. The van der Waals surface area contributed by atoms with Crippen LogP contribution >= 0.6 is 0 Å². The lowest BCUT2D eigenvalue weighted by atomic mass is 9.75. The van der Waals surface area contributed by atoms with Gasteiger partial charge >= 0.3 is 11.6 Å². The van der Waals surface area contributed by atoms with Crippen molar-refractivity contribution in [1.82, 2.24) is 19.8 Å². The molecule has 0 unspecified atom stereocenters. The number of amides is 1. The minimum Gasteiger partial charge on any atom is -0.508 e. The zero-order valence-corrected chi connectivity index (χ0v) is 26.2. The second-order valence-electron chi connectivity index (χ2n) is 13.1. The number of carbonyl (C=O) groups excluding carboxylic acids is 1. The molecule has 7 rings (SSSR count). The maximum Gasteiger partial charge on any atom is 0.349 e. The number of aromatic hydroxyl groups is 1. The predicted molar refractivity (Wildman–Crippen MR) is 173 cm³/mol. The van der Waals surface area contributed by atoms with Crippen LogP contribution in [0.5, 0.6) is 11.8 Å². The van der Waals surface area contributed by atoms with Gasteiger partial charge in [0, 0.05) is 43.1 Å². The van der Waals surface area contributed by atoms with Crippen molar-refractivity contribution in [3.05, 3.63) is 51.6 Å². The van der Waals surface area contributed by atoms with E-state index in [0.29, 0.717) is 35.8 Å². The minimum atomic E-state index is -0.939. The lowest BCUT2D eigenvalue weighted by molar-refractivity contribution is -0.124. The van der Waals surface area contributed by atoms with Crippen LogP contribution in [0.25, 0.3) is 33.0 Å². The number of likely N-dealkylation sites (N-methyl/N-ethyl adjacent to an activating group) is 1. The zero-order valence-electron chi connectivity index (χ0n) is 26.2. The summed E-state index contributed by atoms with van der Waals surface area (Å²) in [5.74, 6) is 1.84. The number of hydrogen-bond acceptors (Lipinski definition) is 9. The van der Waals surface area contributed by atoms with Crippen LogP contribution in [0.15, 0.2) is 33.5 Å². The molecule has 1 aliphatic carbocycles. The van der Waals surface area contributed by atoms with Gasteiger partial charge in [0.15, 0.2) is 0 Å². The van der Waals surface area contributed by atoms with E-state index in [9.17, 15) is 23.5 Å². The molecule has 2 aromatic carbocycles. The highest BCUT2D eigenvalue weighted by Gasteiger charge is 2.49. The molecule has 244 valence electrons. The first-order valence-corrected chi connectivity index (χ1v) is 15.8. The zero-order chi connectivity index (χ0) is 33.1. The van der Waals surface area contributed by atoms with E-state index in [-0.39, 0.29) is 52.0 Å². The van der Waals surface area contributed by atoms with E-state index in [4.69, 9.17) is 15.6 Å². The van der Waals surface area contributed by atoms with E-state index in [1.54, 1.807) is 18.9 Å². The molecule has 3 fully saturated rings. The highest BCUT2D eigenvalue weighted by atomic mass is 19.1. The van der Waals surface area contributed by atoms with Gasteiger partial charge in [0.2, 0.25) is 6.41 Å². The SMILES string of the molecule is C#Cc1c(F)ccc2cc(O)cc(-c3oc(=O)c4c(NCC5(N(C)C=O)CCC5)nc(OC[C@@]56CCCN5C[C@H](F)C6)nc4c3C)c12. The maximum atomic E-state index is 14.9. The fourth-order valence-electron chi connectivity index (χ4n) is 7.67. The summed E-state index contributed by atoms with van der Waals surface area (Å²) < 4.78 is 41.5. The van der Waals surface area contributed by atoms with Crippen LogP contribution < -0.4 is 15.7 Å². The summed E-state index contributed by atoms with van der Waals surface area (Å²) >= 11 is 0. The Morgan fingerprint density at radius 1 is 1.26 bits per heavy atom. The molecule has 2 aromatic heterocycles. The van der Waals surface area contributed by atoms with Gasteiger partial charge in [-0.15, -0.1) is 6.42 Å². The molecule has 0 bridgehead atoms. The second-order valence-corrected chi connectivity index (χ2v) is 13.1. The summed E-state index contributed by atoms with van der Waals surface area (Å²) in [5.41, 5.74) is -0.867. The van der Waals surface area contributed by atoms with Crippen LogP contribution in [-0.2, 0) is 4.79 Å². The van der Waals surface area contributed by atoms with Crippen LogP contribution in [0.1, 0.15) is 49.7 Å². The molecule has 0 radical (unpaired) electrons. The Morgan fingerprint density at radius 2 is 2.06 bits per heavy atom. The van der Waals surface area contributed by atoms with Crippen molar-refractivity contribution in [3.63, 3.8) is 0 Å². The quantitative estimate of drug-likeness (QED) is 0.194. The van der Waals surface area contributed by atoms with Gasteiger partial charge in [-0.2, -0.15) is 9.97 Å². The highest BCUT2D eigenvalue weighted by molar-refractivity contribution is 6.03. The number of fused-ring (bicyclic) bond motifs is 3. The van der Waals surface area contributed by atoms with E-state index in [2.05, 4.69) is 26.1 Å². The average Bonchev–Trinajstić information content (AvgIpc) is 3.56. The Balaban J connectivity index is 1.38. The molecule has 3 aliphatic rings. The number of anilines is 1. The van der Waals surface area contributed by atoms with Crippen molar-refractivity contribution in [2.75, 3.05) is 38.6 Å². The number of halogens is 2. The summed E-state index contributed by atoms with van der Waals surface area (Å²) in [6, 6.07) is 5.52. The van der Waals surface area contributed by atoms with Crippen LogP contribution in [0.2, 0.25) is 0 Å². The number of benzene rings is 2. The highest BCUT2D eigenvalue weighted by Crippen LogP contribution is 2.42. The molecule has 2 N–H and O–H groups in total. The number of terminal acetylenes is 1. The van der Waals surface area contributed by atoms with Crippen LogP contribution in [-0.4, -0.2) is 81.8 Å². The molecule has 4 aromatic rings. The number of aryl methyl sites for hydroxylation is 1. The molecule has 2 atom stereocenters. The standard InChI is InChI=1S/C35H35F2N5O5/c1-4-24-26(37)8-7-21-13-23(44)14-25(27(21)24)30-20(2)29-28(32(45)47-30)31(38-17-34(9-5-10-34)41(3)19-43)40-33(39-29)46-18-35-11-6-12-42(35)16-22(36)15-35/h1,7-8,13-14,19,22,44H,5-6,9-12,15-18H2,2-3H3,(H,38,39,40)/t22-,35+/m1/s1. The maximum absolute atomic E-state index is 14.9. The topological polar surface area (TPSA) is 121 Å². The Labute approximate surface area is 269 Å². The predicted octanol–water partition coefficient (Wildman–Crippen LogP) is 4.92. The van der Waals surface area contributed by atoms with Crippen molar-refractivity contribution in [3.8, 4) is 35.4 Å². The number of nitrogens with one attached hydrogen (secondary N) is 1. The first-order valence-electron chi connectivity index (χ1n) is 15.8. The molecule has 1 saturated carbocycles. The van der Waals surface area contributed by atoms with Crippen molar-refractivity contribution in [2.24, 2.45) is 0 Å². The number of phenols is 1. The first kappa shape index (κ1) is 30.9.